The van der Waals surface area contributed by atoms with Crippen molar-refractivity contribution in [3.05, 3.63) is 23.9 Å². The maximum Gasteiger partial charge on any atom is 0.226 e. The summed E-state index contributed by atoms with van der Waals surface area (Å²) >= 11 is 1.67. The van der Waals surface area contributed by atoms with E-state index in [2.05, 4.69) is 9.88 Å². The molecule has 0 aliphatic carbocycles. The molecule has 0 spiro atoms. The maximum absolute atomic E-state index is 12.3. The average Bonchev–Trinajstić information content (AvgIpc) is 2.68. The lowest BCUT2D eigenvalue weighted by molar-refractivity contribution is -0.121. The third kappa shape index (κ3) is 3.40. The van der Waals surface area contributed by atoms with Crippen LogP contribution in [-0.2, 0) is 18.3 Å². The normalized spacial score (nSPS) is 11.7. The summed E-state index contributed by atoms with van der Waals surface area (Å²) in [5.74, 6) is 0.875. The standard InChI is InChI=1S/C17H24N2O2S/c1-17(2,3)18-15(20)10-14-16(22-6)12-9-11(21-5)7-8-13(12)19(14)4/h7-9H,10H2,1-6H3,(H,18,20). The van der Waals surface area contributed by atoms with E-state index in [1.165, 1.54) is 0 Å². The first-order valence-corrected chi connectivity index (χ1v) is 8.49. The first-order valence-electron chi connectivity index (χ1n) is 7.27. The minimum atomic E-state index is -0.218. The number of methoxy groups -OCH3 is 1. The SMILES string of the molecule is COc1ccc2c(c1)c(SC)c(CC(=O)NC(C)(C)C)n2C. The van der Waals surface area contributed by atoms with Gasteiger partial charge in [-0.1, -0.05) is 0 Å². The van der Waals surface area contributed by atoms with E-state index in [0.717, 1.165) is 27.2 Å². The molecule has 1 aromatic heterocycles. The molecular weight excluding hydrogens is 296 g/mol. The lowest BCUT2D eigenvalue weighted by Gasteiger charge is -2.20. The number of rotatable bonds is 4. The monoisotopic (exact) mass is 320 g/mol. The fraction of sp³-hybridized carbons (Fsp3) is 0.471. The zero-order valence-corrected chi connectivity index (χ0v) is 14.9. The Morgan fingerprint density at radius 2 is 2.05 bits per heavy atom. The van der Waals surface area contributed by atoms with E-state index in [1.807, 2.05) is 52.3 Å². The molecule has 0 radical (unpaired) electrons. The molecule has 22 heavy (non-hydrogen) atoms. The molecule has 2 rings (SSSR count). The molecule has 1 amide bonds. The number of fused-ring (bicyclic) bond motifs is 1. The molecule has 0 aliphatic rings. The summed E-state index contributed by atoms with van der Waals surface area (Å²) in [6.45, 7) is 5.98. The number of carbonyl (C=O) groups is 1. The maximum atomic E-state index is 12.3. The zero-order chi connectivity index (χ0) is 16.5. The Labute approximate surface area is 136 Å². The van der Waals surface area contributed by atoms with E-state index < -0.39 is 0 Å². The van der Waals surface area contributed by atoms with Crippen LogP contribution >= 0.6 is 11.8 Å². The number of carbonyl (C=O) groups excluding carboxylic acids is 1. The molecule has 0 bridgehead atoms. The number of nitrogens with zero attached hydrogens (tertiary/aromatic N) is 1. The summed E-state index contributed by atoms with van der Waals surface area (Å²) in [6, 6.07) is 6.02. The highest BCUT2D eigenvalue weighted by Gasteiger charge is 2.20. The summed E-state index contributed by atoms with van der Waals surface area (Å²) < 4.78 is 7.42. The van der Waals surface area contributed by atoms with Gasteiger partial charge in [0, 0.05) is 34.1 Å². The minimum Gasteiger partial charge on any atom is -0.497 e. The summed E-state index contributed by atoms with van der Waals surface area (Å²) in [4.78, 5) is 13.4. The Morgan fingerprint density at radius 1 is 1.36 bits per heavy atom. The van der Waals surface area contributed by atoms with E-state index >= 15 is 0 Å². The van der Waals surface area contributed by atoms with Crippen LogP contribution in [0.3, 0.4) is 0 Å². The number of ether oxygens (including phenoxy) is 1. The van der Waals surface area contributed by atoms with Crippen LogP contribution in [0.15, 0.2) is 23.1 Å². The zero-order valence-electron chi connectivity index (χ0n) is 14.1. The number of hydrogen-bond acceptors (Lipinski definition) is 3. The number of hydrogen-bond donors (Lipinski definition) is 1. The van der Waals surface area contributed by atoms with Gasteiger partial charge in [-0.25, -0.2) is 0 Å². The fourth-order valence-corrected chi connectivity index (χ4v) is 3.44. The number of aromatic nitrogens is 1. The van der Waals surface area contributed by atoms with Crippen molar-refractivity contribution in [1.82, 2.24) is 9.88 Å². The Hall–Kier alpha value is -1.62. The highest BCUT2D eigenvalue weighted by atomic mass is 32.2. The van der Waals surface area contributed by atoms with Gasteiger partial charge in [-0.3, -0.25) is 4.79 Å². The van der Waals surface area contributed by atoms with Gasteiger partial charge >= 0.3 is 0 Å². The summed E-state index contributed by atoms with van der Waals surface area (Å²) in [7, 11) is 3.68. The molecule has 1 aromatic carbocycles. The summed E-state index contributed by atoms with van der Waals surface area (Å²) in [5, 5.41) is 4.16. The predicted molar refractivity (Wildman–Crippen MR) is 92.9 cm³/mol. The Kier molecular flexibility index (Phi) is 4.75. The molecule has 0 fully saturated rings. The van der Waals surface area contributed by atoms with Crippen LogP contribution in [0, 0.1) is 0 Å². The van der Waals surface area contributed by atoms with Crippen LogP contribution in [0.1, 0.15) is 26.5 Å². The quantitative estimate of drug-likeness (QED) is 0.879. The first-order chi connectivity index (χ1) is 10.3. The molecule has 0 saturated heterocycles. The largest absolute Gasteiger partial charge is 0.497 e. The van der Waals surface area contributed by atoms with E-state index in [0.29, 0.717) is 6.42 Å². The first kappa shape index (κ1) is 16.7. The van der Waals surface area contributed by atoms with Crippen LogP contribution in [-0.4, -0.2) is 29.4 Å². The molecule has 0 saturated carbocycles. The topological polar surface area (TPSA) is 43.3 Å². The lowest BCUT2D eigenvalue weighted by atomic mass is 10.1. The minimum absolute atomic E-state index is 0.0423. The molecular formula is C17H24N2O2S. The molecule has 120 valence electrons. The Bertz CT molecular complexity index is 699. The van der Waals surface area contributed by atoms with Crippen LogP contribution in [0.4, 0.5) is 0 Å². The van der Waals surface area contributed by atoms with E-state index in [-0.39, 0.29) is 11.4 Å². The van der Waals surface area contributed by atoms with Gasteiger partial charge in [-0.15, -0.1) is 11.8 Å². The van der Waals surface area contributed by atoms with Gasteiger partial charge in [0.1, 0.15) is 5.75 Å². The van der Waals surface area contributed by atoms with Gasteiger partial charge in [0.25, 0.3) is 0 Å². The van der Waals surface area contributed by atoms with Crippen LogP contribution in [0.2, 0.25) is 0 Å². The smallest absolute Gasteiger partial charge is 0.226 e. The molecule has 2 aromatic rings. The Balaban J connectivity index is 2.45. The van der Waals surface area contributed by atoms with Crippen molar-refractivity contribution in [2.24, 2.45) is 7.05 Å². The van der Waals surface area contributed by atoms with Gasteiger partial charge < -0.3 is 14.6 Å². The third-order valence-corrected chi connectivity index (χ3v) is 4.39. The number of thioether (sulfide) groups is 1. The van der Waals surface area contributed by atoms with Gasteiger partial charge in [0.05, 0.1) is 13.5 Å². The predicted octanol–water partition coefficient (Wildman–Crippen LogP) is 3.37. The third-order valence-electron chi connectivity index (χ3n) is 3.52. The van der Waals surface area contributed by atoms with Crippen LogP contribution in [0.25, 0.3) is 10.9 Å². The van der Waals surface area contributed by atoms with Crippen molar-refractivity contribution >= 4 is 28.6 Å². The molecule has 0 unspecified atom stereocenters. The second kappa shape index (κ2) is 6.24. The molecule has 4 nitrogen and oxygen atoms in total. The molecule has 1 heterocycles. The van der Waals surface area contributed by atoms with E-state index in [1.54, 1.807) is 18.9 Å². The number of amides is 1. The second-order valence-electron chi connectivity index (χ2n) is 6.40. The molecule has 0 aliphatic heterocycles. The average molecular weight is 320 g/mol. The van der Waals surface area contributed by atoms with E-state index in [4.69, 9.17) is 4.74 Å². The summed E-state index contributed by atoms with van der Waals surface area (Å²) in [5.41, 5.74) is 1.94. The highest BCUT2D eigenvalue weighted by molar-refractivity contribution is 7.98. The lowest BCUT2D eigenvalue weighted by Crippen LogP contribution is -2.41. The van der Waals surface area contributed by atoms with Gasteiger partial charge in [0.15, 0.2) is 0 Å². The highest BCUT2D eigenvalue weighted by Crippen LogP contribution is 2.35. The van der Waals surface area contributed by atoms with Crippen LogP contribution in [0.5, 0.6) is 5.75 Å². The van der Waals surface area contributed by atoms with Gasteiger partial charge in [-0.2, -0.15) is 0 Å². The van der Waals surface area contributed by atoms with Crippen molar-refractivity contribution in [3.63, 3.8) is 0 Å². The van der Waals surface area contributed by atoms with Gasteiger partial charge in [0.2, 0.25) is 5.91 Å². The van der Waals surface area contributed by atoms with Crippen molar-refractivity contribution in [3.8, 4) is 5.75 Å². The van der Waals surface area contributed by atoms with Crippen LogP contribution < -0.4 is 10.1 Å². The summed E-state index contributed by atoms with van der Waals surface area (Å²) in [6.07, 6.45) is 2.42. The van der Waals surface area contributed by atoms with Crippen molar-refractivity contribution < 1.29 is 9.53 Å². The number of nitrogens with one attached hydrogen (secondary N) is 1. The Morgan fingerprint density at radius 3 is 2.59 bits per heavy atom. The molecule has 5 heteroatoms. The molecule has 1 N–H and O–H groups in total. The fourth-order valence-electron chi connectivity index (χ4n) is 2.61. The van der Waals surface area contributed by atoms with Crippen molar-refractivity contribution in [2.75, 3.05) is 13.4 Å². The van der Waals surface area contributed by atoms with Crippen molar-refractivity contribution in [2.45, 2.75) is 37.6 Å². The van der Waals surface area contributed by atoms with Gasteiger partial charge in [-0.05, 0) is 45.2 Å². The molecule has 0 atom stereocenters. The number of aryl methyl sites for hydroxylation is 1. The number of benzene rings is 1. The second-order valence-corrected chi connectivity index (χ2v) is 7.21. The van der Waals surface area contributed by atoms with E-state index in [9.17, 15) is 4.79 Å². The van der Waals surface area contributed by atoms with Crippen molar-refractivity contribution in [1.29, 1.82) is 0 Å².